The van der Waals surface area contributed by atoms with E-state index in [1.165, 1.54) is 64.7 Å². The van der Waals surface area contributed by atoms with Crippen LogP contribution in [0.5, 0.6) is 0 Å². The Morgan fingerprint density at radius 1 is 0.870 bits per heavy atom. The van der Waals surface area contributed by atoms with Crippen LogP contribution in [0.25, 0.3) is 0 Å². The molecule has 7 heteroatoms. The number of phosphoric ester groups is 1. The van der Waals surface area contributed by atoms with Crippen LogP contribution in [-0.2, 0) is 13.8 Å². The molecule has 0 aliphatic heterocycles. The molecule has 0 aliphatic rings. The van der Waals surface area contributed by atoms with Crippen LogP contribution in [-0.4, -0.2) is 73.6 Å². The molecule has 2 atom stereocenters. The van der Waals surface area contributed by atoms with Gasteiger partial charge in [-0.1, -0.05) is 71.1 Å². The number of phosphoric acid groups is 1. The monoisotopic (exact) mass is 378 g/mol. The Labute approximate surface area is 185 Å². The molecule has 136 valence electrons. The average Bonchev–Trinajstić information content (AvgIpc) is 2.38. The van der Waals surface area contributed by atoms with Gasteiger partial charge in [0, 0.05) is 0 Å². The molecule has 23 heavy (non-hydrogen) atoms. The van der Waals surface area contributed by atoms with E-state index in [1.807, 2.05) is 6.92 Å². The Kier molecular flexibility index (Phi) is 20.1. The predicted molar refractivity (Wildman–Crippen MR) is 96.7 cm³/mol. The van der Waals surface area contributed by atoms with Crippen LogP contribution in [0.2, 0.25) is 0 Å². The van der Waals surface area contributed by atoms with Gasteiger partial charge in [0.05, 0.1) is 6.10 Å². The summed E-state index contributed by atoms with van der Waals surface area (Å²) < 4.78 is 20.5. The van der Waals surface area contributed by atoms with Crippen molar-refractivity contribution >= 4 is 59.2 Å². The molecular weight excluding hydrogens is 342 g/mol. The summed E-state index contributed by atoms with van der Waals surface area (Å²) in [6.07, 6.45) is 12.9. The van der Waals surface area contributed by atoms with Crippen LogP contribution in [0, 0.1) is 0 Å². The molecule has 0 fully saturated rings. The number of hydrogen-bond donors (Lipinski definition) is 2. The Hall–Kier alpha value is 1.71. The van der Waals surface area contributed by atoms with E-state index >= 15 is 0 Å². The second kappa shape index (κ2) is 17.1. The molecule has 2 N–H and O–H groups in total. The van der Waals surface area contributed by atoms with Crippen LogP contribution in [0.1, 0.15) is 91.4 Å². The normalized spacial score (nSPS) is 14.3. The minimum absolute atomic E-state index is 0. The second-order valence-electron chi connectivity index (χ2n) is 6.08. The van der Waals surface area contributed by atoms with Crippen molar-refractivity contribution in [1.82, 2.24) is 0 Å². The zero-order valence-electron chi connectivity index (χ0n) is 14.5. The van der Waals surface area contributed by atoms with E-state index in [2.05, 4.69) is 11.4 Å². The van der Waals surface area contributed by atoms with Gasteiger partial charge in [-0.3, -0.25) is 4.52 Å². The molecule has 0 saturated carbocycles. The Balaban J connectivity index is 0. The van der Waals surface area contributed by atoms with Gasteiger partial charge in [-0.05, 0) is 20.3 Å². The number of ether oxygens (including phenoxy) is 1. The summed E-state index contributed by atoms with van der Waals surface area (Å²) in [5, 5.41) is 0. The molecule has 0 spiro atoms. The summed E-state index contributed by atoms with van der Waals surface area (Å²) in [5.41, 5.74) is 0. The molecule has 0 aromatic heterocycles. The molecule has 2 unspecified atom stereocenters. The van der Waals surface area contributed by atoms with E-state index in [-0.39, 0.29) is 57.5 Å². The van der Waals surface area contributed by atoms with Gasteiger partial charge < -0.3 is 14.5 Å². The molecule has 0 aromatic rings. The summed E-state index contributed by atoms with van der Waals surface area (Å²) in [5.74, 6) is 0. The fraction of sp³-hybridized carbons (Fsp3) is 1.00. The summed E-state index contributed by atoms with van der Waals surface area (Å²) in [4.78, 5) is 17.3. The molecular formula is C16H36KO5P. The molecule has 0 heterocycles. The van der Waals surface area contributed by atoms with Crippen molar-refractivity contribution in [3.8, 4) is 0 Å². The molecule has 0 aliphatic carbocycles. The molecule has 0 rings (SSSR count). The quantitative estimate of drug-likeness (QED) is 0.190. The van der Waals surface area contributed by atoms with Crippen molar-refractivity contribution in [2.24, 2.45) is 0 Å². The fourth-order valence-electron chi connectivity index (χ4n) is 2.53. The van der Waals surface area contributed by atoms with E-state index in [9.17, 15) is 4.57 Å². The molecule has 0 aromatic carbocycles. The van der Waals surface area contributed by atoms with Gasteiger partial charge in [0.15, 0.2) is 6.29 Å². The van der Waals surface area contributed by atoms with Gasteiger partial charge in [-0.25, -0.2) is 4.57 Å². The average molecular weight is 379 g/mol. The first kappa shape index (κ1) is 26.9. The van der Waals surface area contributed by atoms with Crippen molar-refractivity contribution < 1.29 is 23.6 Å². The Morgan fingerprint density at radius 3 is 1.74 bits per heavy atom. The van der Waals surface area contributed by atoms with Gasteiger partial charge in [0.1, 0.15) is 0 Å². The van der Waals surface area contributed by atoms with Crippen LogP contribution in [0.3, 0.4) is 0 Å². The summed E-state index contributed by atoms with van der Waals surface area (Å²) >= 11 is 0. The van der Waals surface area contributed by atoms with Crippen LogP contribution >= 0.6 is 7.82 Å². The van der Waals surface area contributed by atoms with Gasteiger partial charge in [-0.15, -0.1) is 0 Å². The third-order valence-electron chi connectivity index (χ3n) is 3.67. The fourth-order valence-corrected chi connectivity index (χ4v) is 2.97. The first-order valence-corrected chi connectivity index (χ1v) is 10.3. The SMILES string of the molecule is CCCCCCCCCCCCC(C)OC(C)OP(=O)(O)O.[KH]. The van der Waals surface area contributed by atoms with E-state index in [1.54, 1.807) is 0 Å². The van der Waals surface area contributed by atoms with Crippen molar-refractivity contribution in [1.29, 1.82) is 0 Å². The van der Waals surface area contributed by atoms with Gasteiger partial charge in [0.2, 0.25) is 0 Å². The third-order valence-corrected chi connectivity index (χ3v) is 4.25. The molecule has 5 nitrogen and oxygen atoms in total. The maximum atomic E-state index is 10.7. The molecule has 0 radical (unpaired) electrons. The first-order chi connectivity index (χ1) is 10.3. The van der Waals surface area contributed by atoms with Crippen LogP contribution < -0.4 is 0 Å². The third kappa shape index (κ3) is 21.7. The van der Waals surface area contributed by atoms with Crippen molar-refractivity contribution in [2.75, 3.05) is 0 Å². The molecule has 0 saturated heterocycles. The number of rotatable bonds is 15. The Morgan fingerprint density at radius 2 is 1.30 bits per heavy atom. The van der Waals surface area contributed by atoms with Crippen LogP contribution in [0.4, 0.5) is 0 Å². The van der Waals surface area contributed by atoms with E-state index in [4.69, 9.17) is 14.5 Å². The van der Waals surface area contributed by atoms with Gasteiger partial charge in [-0.2, -0.15) is 0 Å². The van der Waals surface area contributed by atoms with Crippen molar-refractivity contribution in [3.63, 3.8) is 0 Å². The molecule has 0 amide bonds. The topological polar surface area (TPSA) is 76.0 Å². The molecule has 0 bridgehead atoms. The van der Waals surface area contributed by atoms with Gasteiger partial charge in [0.25, 0.3) is 0 Å². The zero-order chi connectivity index (χ0) is 16.8. The number of unbranched alkanes of at least 4 members (excludes halogenated alkanes) is 9. The standard InChI is InChI=1S/C16H35O5P.K.H/c1-4-5-6-7-8-9-10-11-12-13-14-15(2)20-16(3)21-22(17,18)19;;/h15-16H,4-14H2,1-3H3,(H2,17,18,19);;. The van der Waals surface area contributed by atoms with Gasteiger partial charge >= 0.3 is 59.2 Å². The predicted octanol–water partition coefficient (Wildman–Crippen LogP) is 4.51. The number of hydrogen-bond acceptors (Lipinski definition) is 3. The van der Waals surface area contributed by atoms with E-state index in [0.29, 0.717) is 0 Å². The maximum absolute atomic E-state index is 10.7. The summed E-state index contributed by atoms with van der Waals surface area (Å²) in [6.45, 7) is 5.66. The van der Waals surface area contributed by atoms with Crippen molar-refractivity contribution in [3.05, 3.63) is 0 Å². The zero-order valence-corrected chi connectivity index (χ0v) is 15.4. The van der Waals surface area contributed by atoms with Crippen molar-refractivity contribution in [2.45, 2.75) is 104 Å². The van der Waals surface area contributed by atoms with Crippen LogP contribution in [0.15, 0.2) is 0 Å². The summed E-state index contributed by atoms with van der Waals surface area (Å²) in [6, 6.07) is 0. The van der Waals surface area contributed by atoms with E-state index < -0.39 is 14.1 Å². The second-order valence-corrected chi connectivity index (χ2v) is 7.27. The minimum atomic E-state index is -4.46. The summed E-state index contributed by atoms with van der Waals surface area (Å²) in [7, 11) is -4.46. The Bertz CT molecular complexity index is 298. The first-order valence-electron chi connectivity index (χ1n) is 8.74. The van der Waals surface area contributed by atoms with E-state index in [0.717, 1.165) is 12.8 Å².